The molecule has 0 saturated heterocycles. The Bertz CT molecular complexity index is 485. The van der Waals surface area contributed by atoms with E-state index >= 15 is 0 Å². The quantitative estimate of drug-likeness (QED) is 0.835. The summed E-state index contributed by atoms with van der Waals surface area (Å²) in [7, 11) is 0. The molecule has 0 fully saturated rings. The van der Waals surface area contributed by atoms with Gasteiger partial charge in [-0.25, -0.2) is 4.98 Å². The van der Waals surface area contributed by atoms with Crippen LogP contribution in [-0.2, 0) is 6.54 Å². The molecule has 1 heterocycles. The Morgan fingerprint density at radius 2 is 2.32 bits per heavy atom. The van der Waals surface area contributed by atoms with E-state index in [2.05, 4.69) is 36.3 Å². The van der Waals surface area contributed by atoms with Crippen molar-refractivity contribution in [3.05, 3.63) is 46.4 Å². The lowest BCUT2D eigenvalue weighted by Gasteiger charge is -2.12. The summed E-state index contributed by atoms with van der Waals surface area (Å²) in [5, 5.41) is 6.61. The topological polar surface area (TPSA) is 34.1 Å². The van der Waals surface area contributed by atoms with Crippen molar-refractivity contribution in [1.29, 1.82) is 0 Å². The first-order chi connectivity index (χ1) is 9.29. The molecule has 1 unspecified atom stereocenters. The highest BCUT2D eigenvalue weighted by atomic mass is 32.1. The van der Waals surface area contributed by atoms with Gasteiger partial charge in [0, 0.05) is 18.1 Å². The minimum Gasteiger partial charge on any atom is -0.494 e. The molecular weight excluding hydrogens is 256 g/mol. The fraction of sp³-hybridized carbons (Fsp3) is 0.400. The summed E-state index contributed by atoms with van der Waals surface area (Å²) in [4.78, 5) is 4.32. The molecule has 1 aromatic carbocycles. The van der Waals surface area contributed by atoms with E-state index in [-0.39, 0.29) is 6.04 Å². The van der Waals surface area contributed by atoms with Crippen molar-refractivity contribution >= 4 is 11.3 Å². The van der Waals surface area contributed by atoms with Crippen molar-refractivity contribution < 1.29 is 4.74 Å². The summed E-state index contributed by atoms with van der Waals surface area (Å²) in [6.07, 6.45) is 2.88. The minimum atomic E-state index is 0.278. The van der Waals surface area contributed by atoms with Crippen molar-refractivity contribution in [2.75, 3.05) is 6.61 Å². The lowest BCUT2D eigenvalue weighted by Crippen LogP contribution is -2.17. The molecule has 102 valence electrons. The highest BCUT2D eigenvalue weighted by molar-refractivity contribution is 7.09. The smallest absolute Gasteiger partial charge is 0.119 e. The molecule has 19 heavy (non-hydrogen) atoms. The predicted molar refractivity (Wildman–Crippen MR) is 79.6 cm³/mol. The zero-order valence-electron chi connectivity index (χ0n) is 11.4. The maximum atomic E-state index is 5.64. The average molecular weight is 276 g/mol. The van der Waals surface area contributed by atoms with Gasteiger partial charge in [0.15, 0.2) is 0 Å². The van der Waals surface area contributed by atoms with Gasteiger partial charge in [-0.2, -0.15) is 0 Å². The summed E-state index contributed by atoms with van der Waals surface area (Å²) < 4.78 is 5.64. The molecule has 2 rings (SSSR count). The third-order valence-electron chi connectivity index (χ3n) is 2.81. The molecule has 1 atom stereocenters. The van der Waals surface area contributed by atoms with Crippen LogP contribution in [0.1, 0.15) is 36.9 Å². The Morgan fingerprint density at radius 3 is 3.05 bits per heavy atom. The zero-order chi connectivity index (χ0) is 13.5. The standard InChI is InChI=1S/C15H20N2OS/c1-3-8-18-14-6-4-5-13(10-14)11-17-12(2)15-16-7-9-19-15/h4-7,9-10,12,17H,3,8,11H2,1-2H3. The number of hydrogen-bond acceptors (Lipinski definition) is 4. The zero-order valence-corrected chi connectivity index (χ0v) is 12.2. The maximum absolute atomic E-state index is 5.64. The number of ether oxygens (including phenoxy) is 1. The fourth-order valence-corrected chi connectivity index (χ4v) is 2.44. The Labute approximate surface area is 118 Å². The van der Waals surface area contributed by atoms with E-state index in [1.165, 1.54) is 5.56 Å². The molecule has 4 heteroatoms. The van der Waals surface area contributed by atoms with Gasteiger partial charge in [0.25, 0.3) is 0 Å². The lowest BCUT2D eigenvalue weighted by atomic mass is 10.2. The SMILES string of the molecule is CCCOc1cccc(CNC(C)c2nccs2)c1. The van der Waals surface area contributed by atoms with E-state index in [0.29, 0.717) is 0 Å². The molecule has 3 nitrogen and oxygen atoms in total. The van der Waals surface area contributed by atoms with Gasteiger partial charge >= 0.3 is 0 Å². The molecule has 0 radical (unpaired) electrons. The number of benzene rings is 1. The van der Waals surface area contributed by atoms with Gasteiger partial charge in [-0.15, -0.1) is 11.3 Å². The van der Waals surface area contributed by atoms with Crippen molar-refractivity contribution in [2.24, 2.45) is 0 Å². The molecule has 0 aliphatic carbocycles. The van der Waals surface area contributed by atoms with Crippen molar-refractivity contribution in [3.8, 4) is 5.75 Å². The second kappa shape index (κ2) is 7.26. The number of rotatable bonds is 7. The molecule has 0 aliphatic heterocycles. The summed E-state index contributed by atoms with van der Waals surface area (Å²) in [6.45, 7) is 5.84. The van der Waals surface area contributed by atoms with E-state index < -0.39 is 0 Å². The monoisotopic (exact) mass is 276 g/mol. The van der Waals surface area contributed by atoms with E-state index in [1.54, 1.807) is 11.3 Å². The molecular formula is C15H20N2OS. The second-order valence-corrected chi connectivity index (χ2v) is 5.39. The molecule has 1 N–H and O–H groups in total. The molecule has 1 aromatic heterocycles. The van der Waals surface area contributed by atoms with Crippen LogP contribution in [0.25, 0.3) is 0 Å². The fourth-order valence-electron chi connectivity index (χ4n) is 1.77. The number of aromatic nitrogens is 1. The van der Waals surface area contributed by atoms with E-state index in [1.807, 2.05) is 23.7 Å². The van der Waals surface area contributed by atoms with Gasteiger partial charge in [-0.3, -0.25) is 0 Å². The number of nitrogens with one attached hydrogen (secondary N) is 1. The van der Waals surface area contributed by atoms with Gasteiger partial charge < -0.3 is 10.1 Å². The molecule has 0 bridgehead atoms. The van der Waals surface area contributed by atoms with Crippen molar-refractivity contribution in [1.82, 2.24) is 10.3 Å². The maximum Gasteiger partial charge on any atom is 0.119 e. The Kier molecular flexibility index (Phi) is 5.36. The van der Waals surface area contributed by atoms with Crippen LogP contribution in [0.4, 0.5) is 0 Å². The summed E-state index contributed by atoms with van der Waals surface area (Å²) in [5.41, 5.74) is 1.23. The molecule has 0 aliphatic rings. The van der Waals surface area contributed by atoms with Gasteiger partial charge in [0.2, 0.25) is 0 Å². The van der Waals surface area contributed by atoms with Crippen LogP contribution in [-0.4, -0.2) is 11.6 Å². The van der Waals surface area contributed by atoms with Crippen LogP contribution in [0.5, 0.6) is 5.75 Å². The highest BCUT2D eigenvalue weighted by Crippen LogP contribution is 2.17. The first-order valence-corrected chi connectivity index (χ1v) is 7.52. The van der Waals surface area contributed by atoms with E-state index in [4.69, 9.17) is 4.74 Å². The largest absolute Gasteiger partial charge is 0.494 e. The van der Waals surface area contributed by atoms with E-state index in [9.17, 15) is 0 Å². The van der Waals surface area contributed by atoms with Crippen LogP contribution in [0.2, 0.25) is 0 Å². The normalized spacial score (nSPS) is 12.3. The summed E-state index contributed by atoms with van der Waals surface area (Å²) in [6, 6.07) is 8.53. The number of nitrogens with zero attached hydrogens (tertiary/aromatic N) is 1. The number of thiazole rings is 1. The Morgan fingerprint density at radius 1 is 1.42 bits per heavy atom. The van der Waals surface area contributed by atoms with Crippen LogP contribution in [0.15, 0.2) is 35.8 Å². The van der Waals surface area contributed by atoms with Crippen LogP contribution >= 0.6 is 11.3 Å². The van der Waals surface area contributed by atoms with Crippen LogP contribution < -0.4 is 10.1 Å². The summed E-state index contributed by atoms with van der Waals surface area (Å²) >= 11 is 1.68. The molecule has 0 amide bonds. The predicted octanol–water partition coefficient (Wildman–Crippen LogP) is 3.78. The lowest BCUT2D eigenvalue weighted by molar-refractivity contribution is 0.317. The molecule has 0 spiro atoms. The van der Waals surface area contributed by atoms with Gasteiger partial charge in [0.1, 0.15) is 10.8 Å². The van der Waals surface area contributed by atoms with Crippen molar-refractivity contribution in [3.63, 3.8) is 0 Å². The average Bonchev–Trinajstić information content (AvgIpc) is 2.97. The van der Waals surface area contributed by atoms with Crippen molar-refractivity contribution in [2.45, 2.75) is 32.9 Å². The first kappa shape index (κ1) is 14.0. The van der Waals surface area contributed by atoms with Gasteiger partial charge in [-0.1, -0.05) is 19.1 Å². The minimum absolute atomic E-state index is 0.278. The second-order valence-electron chi connectivity index (χ2n) is 4.47. The van der Waals surface area contributed by atoms with Gasteiger partial charge in [0.05, 0.1) is 12.6 Å². The Balaban J connectivity index is 1.88. The number of hydrogen-bond donors (Lipinski definition) is 1. The molecule has 0 saturated carbocycles. The van der Waals surface area contributed by atoms with Crippen LogP contribution in [0.3, 0.4) is 0 Å². The van der Waals surface area contributed by atoms with E-state index in [0.717, 1.165) is 30.3 Å². The molecule has 2 aromatic rings. The third-order valence-corrected chi connectivity index (χ3v) is 3.76. The summed E-state index contributed by atoms with van der Waals surface area (Å²) in [5.74, 6) is 0.947. The van der Waals surface area contributed by atoms with Crippen LogP contribution in [0, 0.1) is 0 Å². The first-order valence-electron chi connectivity index (χ1n) is 6.64. The highest BCUT2D eigenvalue weighted by Gasteiger charge is 2.07. The third kappa shape index (κ3) is 4.33. The van der Waals surface area contributed by atoms with Gasteiger partial charge in [-0.05, 0) is 31.0 Å². The Hall–Kier alpha value is -1.39.